The van der Waals surface area contributed by atoms with Crippen LogP contribution in [0.25, 0.3) is 5.52 Å². The number of anilines is 2. The maximum Gasteiger partial charge on any atom is 0.159 e. The van der Waals surface area contributed by atoms with Crippen molar-refractivity contribution in [2.75, 3.05) is 18.4 Å². The Labute approximate surface area is 152 Å². The number of aromatic nitrogens is 5. The summed E-state index contributed by atoms with van der Waals surface area (Å²) in [7, 11) is 0. The second-order valence-electron chi connectivity index (χ2n) is 6.92. The molecule has 0 spiro atoms. The lowest BCUT2D eigenvalue weighted by Gasteiger charge is -2.29. The summed E-state index contributed by atoms with van der Waals surface area (Å²) in [5, 5.41) is 7.68. The van der Waals surface area contributed by atoms with E-state index in [4.69, 9.17) is 5.73 Å². The van der Waals surface area contributed by atoms with Gasteiger partial charge in [0.05, 0.1) is 0 Å². The Bertz CT molecular complexity index is 890. The number of aryl methyl sites for hydroxylation is 2. The summed E-state index contributed by atoms with van der Waals surface area (Å²) in [6.07, 6.45) is 5.63. The van der Waals surface area contributed by atoms with E-state index in [-0.39, 0.29) is 0 Å². The van der Waals surface area contributed by atoms with Crippen molar-refractivity contribution >= 4 is 17.2 Å². The average Bonchev–Trinajstić information content (AvgIpc) is 3.00. The van der Waals surface area contributed by atoms with Crippen LogP contribution in [0, 0.1) is 13.8 Å². The smallest absolute Gasteiger partial charge is 0.159 e. The Morgan fingerprint density at radius 3 is 2.81 bits per heavy atom. The molecular formula is C18H24N8. The molecule has 136 valence electrons. The van der Waals surface area contributed by atoms with Crippen LogP contribution in [0.4, 0.5) is 11.6 Å². The highest BCUT2D eigenvalue weighted by Gasteiger charge is 2.19. The quantitative estimate of drug-likeness (QED) is 0.739. The van der Waals surface area contributed by atoms with Gasteiger partial charge in [-0.25, -0.2) is 19.5 Å². The molecule has 1 saturated heterocycles. The number of likely N-dealkylation sites (tertiary alicyclic amines) is 1. The lowest BCUT2D eigenvalue weighted by Crippen LogP contribution is -2.39. The largest absolute Gasteiger partial charge is 0.328 e. The van der Waals surface area contributed by atoms with Crippen LogP contribution >= 0.6 is 0 Å². The monoisotopic (exact) mass is 352 g/mol. The number of hydrogen-bond acceptors (Lipinski definition) is 7. The zero-order valence-electron chi connectivity index (χ0n) is 15.2. The first-order valence-corrected chi connectivity index (χ1v) is 8.97. The first kappa shape index (κ1) is 16.9. The Kier molecular flexibility index (Phi) is 4.52. The minimum absolute atomic E-state index is 0.335. The molecule has 3 N–H and O–H groups in total. The number of piperidine rings is 1. The molecule has 0 amide bonds. The molecule has 8 heteroatoms. The van der Waals surface area contributed by atoms with Gasteiger partial charge in [-0.1, -0.05) is 0 Å². The average molecular weight is 352 g/mol. The van der Waals surface area contributed by atoms with Gasteiger partial charge in [0.25, 0.3) is 0 Å². The summed E-state index contributed by atoms with van der Waals surface area (Å²) in [4.78, 5) is 15.7. The zero-order valence-corrected chi connectivity index (χ0v) is 15.2. The first-order valence-electron chi connectivity index (χ1n) is 8.97. The van der Waals surface area contributed by atoms with Gasteiger partial charge < -0.3 is 11.1 Å². The lowest BCUT2D eigenvalue weighted by atomic mass is 10.1. The highest BCUT2D eigenvalue weighted by molar-refractivity contribution is 5.75. The van der Waals surface area contributed by atoms with Crippen molar-refractivity contribution in [1.29, 1.82) is 0 Å². The van der Waals surface area contributed by atoms with Crippen molar-refractivity contribution in [3.8, 4) is 0 Å². The summed E-state index contributed by atoms with van der Waals surface area (Å²) in [5.41, 5.74) is 9.13. The van der Waals surface area contributed by atoms with Crippen molar-refractivity contribution < 1.29 is 0 Å². The molecule has 1 fully saturated rings. The molecule has 3 aromatic heterocycles. The lowest BCUT2D eigenvalue weighted by molar-refractivity contribution is 0.206. The number of nitrogens with two attached hydrogens (primary N) is 1. The third-order valence-electron chi connectivity index (χ3n) is 4.78. The van der Waals surface area contributed by atoms with E-state index in [2.05, 4.69) is 36.3 Å². The van der Waals surface area contributed by atoms with Crippen molar-refractivity contribution in [3.63, 3.8) is 0 Å². The summed E-state index contributed by atoms with van der Waals surface area (Å²) >= 11 is 0. The van der Waals surface area contributed by atoms with E-state index in [1.165, 1.54) is 5.56 Å². The standard InChI is InChI=1S/C18H24N8/c1-12-9-16(23-13(2)22-12)24-18-17-14(3-8-26(17)21-11-20-18)10-25-6-4-15(19)5-7-25/h3,8-9,11,15H,4-7,10,19H2,1-2H3,(H,20,21,22,23,24). The molecular weight excluding hydrogens is 328 g/mol. The van der Waals surface area contributed by atoms with E-state index in [0.29, 0.717) is 6.04 Å². The van der Waals surface area contributed by atoms with Crippen LogP contribution in [0.1, 0.15) is 29.9 Å². The van der Waals surface area contributed by atoms with Gasteiger partial charge in [-0.05, 0) is 51.4 Å². The molecule has 0 unspecified atom stereocenters. The normalized spacial score (nSPS) is 16.3. The molecule has 0 radical (unpaired) electrons. The van der Waals surface area contributed by atoms with Gasteiger partial charge in [0.2, 0.25) is 0 Å². The number of nitrogens with one attached hydrogen (secondary N) is 1. The molecule has 4 rings (SSSR count). The molecule has 0 aliphatic carbocycles. The van der Waals surface area contributed by atoms with E-state index >= 15 is 0 Å². The van der Waals surface area contributed by atoms with Gasteiger partial charge in [0, 0.05) is 30.5 Å². The maximum atomic E-state index is 6.02. The predicted octanol–water partition coefficient (Wildman–Crippen LogP) is 1.80. The summed E-state index contributed by atoms with van der Waals surface area (Å²) in [5.74, 6) is 2.23. The van der Waals surface area contributed by atoms with E-state index in [0.717, 1.165) is 61.1 Å². The van der Waals surface area contributed by atoms with E-state index in [1.807, 2.05) is 30.6 Å². The van der Waals surface area contributed by atoms with Gasteiger partial charge >= 0.3 is 0 Å². The Morgan fingerprint density at radius 1 is 1.23 bits per heavy atom. The topological polar surface area (TPSA) is 97.3 Å². The third-order valence-corrected chi connectivity index (χ3v) is 4.78. The highest BCUT2D eigenvalue weighted by atomic mass is 15.3. The van der Waals surface area contributed by atoms with Gasteiger partial charge in [0.1, 0.15) is 23.5 Å². The number of hydrogen-bond donors (Lipinski definition) is 2. The van der Waals surface area contributed by atoms with Crippen LogP contribution in [-0.4, -0.2) is 48.6 Å². The Hall–Kier alpha value is -2.58. The Morgan fingerprint density at radius 2 is 2.04 bits per heavy atom. The van der Waals surface area contributed by atoms with Crippen molar-refractivity contribution in [2.24, 2.45) is 5.73 Å². The summed E-state index contributed by atoms with van der Waals surface area (Å²) in [6.45, 7) is 6.77. The molecule has 1 aliphatic rings. The van der Waals surface area contributed by atoms with Crippen molar-refractivity contribution in [2.45, 2.75) is 39.3 Å². The predicted molar refractivity (Wildman–Crippen MR) is 100 cm³/mol. The fourth-order valence-corrected chi connectivity index (χ4v) is 3.49. The molecule has 4 heterocycles. The van der Waals surface area contributed by atoms with Crippen LogP contribution < -0.4 is 11.1 Å². The number of nitrogens with zero attached hydrogens (tertiary/aromatic N) is 6. The zero-order chi connectivity index (χ0) is 18.1. The molecule has 0 saturated carbocycles. The fraction of sp³-hybridized carbons (Fsp3) is 0.444. The number of rotatable bonds is 4. The van der Waals surface area contributed by atoms with Gasteiger partial charge in [-0.2, -0.15) is 5.10 Å². The molecule has 0 aromatic carbocycles. The SMILES string of the molecule is Cc1cc(Nc2ncnn3ccc(CN4CCC(N)CC4)c23)nc(C)n1. The molecule has 8 nitrogen and oxygen atoms in total. The van der Waals surface area contributed by atoms with Crippen LogP contribution in [0.5, 0.6) is 0 Å². The maximum absolute atomic E-state index is 6.02. The van der Waals surface area contributed by atoms with Gasteiger partial charge in [-0.3, -0.25) is 4.90 Å². The van der Waals surface area contributed by atoms with E-state index in [1.54, 1.807) is 6.33 Å². The second-order valence-corrected chi connectivity index (χ2v) is 6.92. The molecule has 0 bridgehead atoms. The minimum Gasteiger partial charge on any atom is -0.328 e. The number of fused-ring (bicyclic) bond motifs is 1. The molecule has 1 aliphatic heterocycles. The van der Waals surface area contributed by atoms with Crippen LogP contribution in [-0.2, 0) is 6.54 Å². The second kappa shape index (κ2) is 6.97. The van der Waals surface area contributed by atoms with Crippen LogP contribution in [0.15, 0.2) is 24.7 Å². The molecule has 3 aromatic rings. The van der Waals surface area contributed by atoms with Crippen LogP contribution in [0.3, 0.4) is 0 Å². The van der Waals surface area contributed by atoms with E-state index in [9.17, 15) is 0 Å². The Balaban J connectivity index is 1.63. The van der Waals surface area contributed by atoms with E-state index < -0.39 is 0 Å². The summed E-state index contributed by atoms with van der Waals surface area (Å²) < 4.78 is 1.86. The van der Waals surface area contributed by atoms with Crippen LogP contribution in [0.2, 0.25) is 0 Å². The molecule has 0 atom stereocenters. The van der Waals surface area contributed by atoms with Crippen molar-refractivity contribution in [3.05, 3.63) is 41.7 Å². The van der Waals surface area contributed by atoms with Crippen molar-refractivity contribution in [1.82, 2.24) is 29.5 Å². The highest BCUT2D eigenvalue weighted by Crippen LogP contribution is 2.24. The summed E-state index contributed by atoms with van der Waals surface area (Å²) in [6, 6.07) is 4.36. The fourth-order valence-electron chi connectivity index (χ4n) is 3.49. The minimum atomic E-state index is 0.335. The van der Waals surface area contributed by atoms with Gasteiger partial charge in [-0.15, -0.1) is 0 Å². The third kappa shape index (κ3) is 3.51. The molecule has 26 heavy (non-hydrogen) atoms. The van der Waals surface area contributed by atoms with Gasteiger partial charge in [0.15, 0.2) is 5.82 Å². The first-order chi connectivity index (χ1) is 12.6.